The normalized spacial score (nSPS) is 10.8. The molecule has 0 saturated carbocycles. The molecule has 0 saturated heterocycles. The second kappa shape index (κ2) is 6.03. The summed E-state index contributed by atoms with van der Waals surface area (Å²) in [5.41, 5.74) is 0.486. The van der Waals surface area contributed by atoms with Crippen molar-refractivity contribution in [3.8, 4) is 0 Å². The molecule has 1 aromatic rings. The summed E-state index contributed by atoms with van der Waals surface area (Å²) in [6, 6.07) is 1.69. The number of hydrogen-bond acceptors (Lipinski definition) is 4. The van der Waals surface area contributed by atoms with Crippen molar-refractivity contribution in [2.24, 2.45) is 0 Å². The van der Waals surface area contributed by atoms with Crippen molar-refractivity contribution >= 4 is 21.9 Å². The highest BCUT2D eigenvalue weighted by molar-refractivity contribution is 9.10. The van der Waals surface area contributed by atoms with E-state index in [0.717, 1.165) is 4.60 Å². The Labute approximate surface area is 102 Å². The van der Waals surface area contributed by atoms with Gasteiger partial charge >= 0.3 is 5.97 Å². The highest BCUT2D eigenvalue weighted by Crippen LogP contribution is 2.17. The topological polar surface area (TPSA) is 49.7 Å². The number of ether oxygens (including phenoxy) is 3. The second-order valence-electron chi connectivity index (χ2n) is 3.10. The van der Waals surface area contributed by atoms with Gasteiger partial charge in [0.1, 0.15) is 0 Å². The van der Waals surface area contributed by atoms with Gasteiger partial charge in [-0.15, -0.1) is 0 Å². The van der Waals surface area contributed by atoms with Crippen molar-refractivity contribution in [2.75, 3.05) is 21.3 Å². The summed E-state index contributed by atoms with van der Waals surface area (Å²) >= 11 is 3.35. The van der Waals surface area contributed by atoms with Crippen molar-refractivity contribution in [1.82, 2.24) is 4.57 Å². The number of esters is 1. The van der Waals surface area contributed by atoms with Gasteiger partial charge in [0, 0.05) is 20.4 Å². The van der Waals surface area contributed by atoms with Crippen molar-refractivity contribution < 1.29 is 19.0 Å². The molecule has 1 heterocycles. The van der Waals surface area contributed by atoms with Gasteiger partial charge < -0.3 is 18.8 Å². The smallest absolute Gasteiger partial charge is 0.339 e. The van der Waals surface area contributed by atoms with Gasteiger partial charge in [-0.2, -0.15) is 0 Å². The van der Waals surface area contributed by atoms with Gasteiger partial charge in [-0.05, 0) is 22.0 Å². The Kier molecular flexibility index (Phi) is 4.98. The molecule has 0 bridgehead atoms. The lowest BCUT2D eigenvalue weighted by molar-refractivity contribution is -0.111. The molecule has 6 heteroatoms. The van der Waals surface area contributed by atoms with E-state index >= 15 is 0 Å². The van der Waals surface area contributed by atoms with Crippen LogP contribution in [0.1, 0.15) is 10.4 Å². The Bertz CT molecular complexity index is 360. The zero-order valence-electron chi connectivity index (χ0n) is 9.40. The quantitative estimate of drug-likeness (QED) is 0.611. The molecular weight excluding hydrogens is 278 g/mol. The molecular formula is C10H14BrNO4. The van der Waals surface area contributed by atoms with Crippen LogP contribution in [0.5, 0.6) is 0 Å². The number of halogens is 1. The molecule has 0 aliphatic heterocycles. The van der Waals surface area contributed by atoms with E-state index in [9.17, 15) is 4.79 Å². The van der Waals surface area contributed by atoms with Gasteiger partial charge in [-0.1, -0.05) is 0 Å². The first-order valence-electron chi connectivity index (χ1n) is 4.62. The van der Waals surface area contributed by atoms with Crippen LogP contribution >= 0.6 is 15.9 Å². The van der Waals surface area contributed by atoms with E-state index in [0.29, 0.717) is 12.1 Å². The molecule has 90 valence electrons. The minimum Gasteiger partial charge on any atom is -0.465 e. The van der Waals surface area contributed by atoms with Gasteiger partial charge in [0.05, 0.1) is 23.8 Å². The van der Waals surface area contributed by atoms with Crippen molar-refractivity contribution in [3.05, 3.63) is 22.4 Å². The number of aromatic nitrogens is 1. The Morgan fingerprint density at radius 2 is 2.06 bits per heavy atom. The third-order valence-electron chi connectivity index (χ3n) is 2.14. The van der Waals surface area contributed by atoms with E-state index in [-0.39, 0.29) is 12.3 Å². The number of nitrogens with zero attached hydrogens (tertiary/aromatic N) is 1. The SMILES string of the molecule is COC(=O)c1cc(Br)n(CC(OC)OC)c1. The van der Waals surface area contributed by atoms with Crippen molar-refractivity contribution in [2.45, 2.75) is 12.8 Å². The maximum Gasteiger partial charge on any atom is 0.339 e. The summed E-state index contributed by atoms with van der Waals surface area (Å²) in [5, 5.41) is 0. The van der Waals surface area contributed by atoms with Crippen LogP contribution in [-0.4, -0.2) is 38.2 Å². The Morgan fingerprint density at radius 3 is 2.56 bits per heavy atom. The van der Waals surface area contributed by atoms with Crippen molar-refractivity contribution in [3.63, 3.8) is 0 Å². The number of carbonyl (C=O) groups excluding carboxylic acids is 1. The van der Waals surface area contributed by atoms with Gasteiger partial charge in [0.2, 0.25) is 0 Å². The summed E-state index contributed by atoms with van der Waals surface area (Å²) in [6.45, 7) is 0.491. The molecule has 0 aliphatic rings. The molecule has 0 radical (unpaired) electrons. The highest BCUT2D eigenvalue weighted by Gasteiger charge is 2.14. The summed E-state index contributed by atoms with van der Waals surface area (Å²) in [7, 11) is 4.47. The number of hydrogen-bond donors (Lipinski definition) is 0. The third kappa shape index (κ3) is 3.07. The maximum atomic E-state index is 11.3. The van der Waals surface area contributed by atoms with E-state index in [1.54, 1.807) is 26.5 Å². The van der Waals surface area contributed by atoms with Crippen LogP contribution in [0.25, 0.3) is 0 Å². The molecule has 0 N–H and O–H groups in total. The summed E-state index contributed by atoms with van der Waals surface area (Å²) in [4.78, 5) is 11.3. The van der Waals surface area contributed by atoms with E-state index in [1.807, 2.05) is 4.57 Å². The van der Waals surface area contributed by atoms with E-state index in [2.05, 4.69) is 20.7 Å². The molecule has 1 rings (SSSR count). The minimum atomic E-state index is -0.370. The lowest BCUT2D eigenvalue weighted by Gasteiger charge is -2.14. The molecule has 5 nitrogen and oxygen atoms in total. The predicted molar refractivity (Wildman–Crippen MR) is 61.3 cm³/mol. The fraction of sp³-hybridized carbons (Fsp3) is 0.500. The van der Waals surface area contributed by atoms with Crippen LogP contribution in [0.15, 0.2) is 16.9 Å². The average Bonchev–Trinajstić information content (AvgIpc) is 2.66. The Balaban J connectivity index is 2.81. The lowest BCUT2D eigenvalue weighted by atomic mass is 10.3. The number of carbonyl (C=O) groups is 1. The molecule has 0 unspecified atom stereocenters. The maximum absolute atomic E-state index is 11.3. The largest absolute Gasteiger partial charge is 0.465 e. The van der Waals surface area contributed by atoms with Crippen LogP contribution in [0.3, 0.4) is 0 Å². The predicted octanol–water partition coefficient (Wildman–Crippen LogP) is 1.66. The fourth-order valence-electron chi connectivity index (χ4n) is 1.25. The number of methoxy groups -OCH3 is 3. The average molecular weight is 292 g/mol. The van der Waals surface area contributed by atoms with Crippen LogP contribution in [-0.2, 0) is 20.8 Å². The molecule has 0 fully saturated rings. The second-order valence-corrected chi connectivity index (χ2v) is 3.91. The molecule has 0 spiro atoms. The van der Waals surface area contributed by atoms with E-state index in [4.69, 9.17) is 9.47 Å². The van der Waals surface area contributed by atoms with Gasteiger partial charge in [-0.3, -0.25) is 0 Å². The summed E-state index contributed by atoms with van der Waals surface area (Å²) in [5.74, 6) is -0.370. The lowest BCUT2D eigenvalue weighted by Crippen LogP contribution is -2.20. The molecule has 0 aromatic carbocycles. The summed E-state index contributed by atoms with van der Waals surface area (Å²) < 4.78 is 17.4. The summed E-state index contributed by atoms with van der Waals surface area (Å²) in [6.07, 6.45) is 1.33. The minimum absolute atomic E-state index is 0.353. The fourth-order valence-corrected chi connectivity index (χ4v) is 1.75. The van der Waals surface area contributed by atoms with Gasteiger partial charge in [0.25, 0.3) is 0 Å². The van der Waals surface area contributed by atoms with Crippen LogP contribution in [0.4, 0.5) is 0 Å². The zero-order valence-corrected chi connectivity index (χ0v) is 11.0. The third-order valence-corrected chi connectivity index (χ3v) is 2.82. The molecule has 0 aliphatic carbocycles. The van der Waals surface area contributed by atoms with E-state index in [1.165, 1.54) is 7.11 Å². The Hall–Kier alpha value is -0.850. The molecule has 16 heavy (non-hydrogen) atoms. The van der Waals surface area contributed by atoms with Crippen molar-refractivity contribution in [1.29, 1.82) is 0 Å². The van der Waals surface area contributed by atoms with Gasteiger partial charge in [0.15, 0.2) is 6.29 Å². The zero-order chi connectivity index (χ0) is 12.1. The van der Waals surface area contributed by atoms with Crippen LogP contribution in [0, 0.1) is 0 Å². The first kappa shape index (κ1) is 13.2. The highest BCUT2D eigenvalue weighted by atomic mass is 79.9. The molecule has 1 aromatic heterocycles. The van der Waals surface area contributed by atoms with Crippen LogP contribution < -0.4 is 0 Å². The first-order chi connectivity index (χ1) is 7.62. The van der Waals surface area contributed by atoms with Crippen LogP contribution in [0.2, 0.25) is 0 Å². The molecule has 0 atom stereocenters. The Morgan fingerprint density at radius 1 is 1.44 bits per heavy atom. The monoisotopic (exact) mass is 291 g/mol. The number of rotatable bonds is 5. The molecule has 0 amide bonds. The first-order valence-corrected chi connectivity index (χ1v) is 5.41. The van der Waals surface area contributed by atoms with E-state index < -0.39 is 0 Å². The standard InChI is InChI=1S/C10H14BrNO4/c1-14-9(15-2)6-12-5-7(4-8(12)11)10(13)16-3/h4-5,9H,6H2,1-3H3. The van der Waals surface area contributed by atoms with Gasteiger partial charge in [-0.25, -0.2) is 4.79 Å².